The number of aromatic nitrogens is 2. The van der Waals surface area contributed by atoms with Crippen LogP contribution in [0, 0.1) is 6.92 Å². The average molecular weight is 287 g/mol. The summed E-state index contributed by atoms with van der Waals surface area (Å²) in [6.45, 7) is 12.1. The first-order valence-corrected chi connectivity index (χ1v) is 7.42. The van der Waals surface area contributed by atoms with E-state index in [0.29, 0.717) is 6.61 Å². The van der Waals surface area contributed by atoms with E-state index in [0.717, 1.165) is 23.7 Å². The molecule has 21 heavy (non-hydrogen) atoms. The van der Waals surface area contributed by atoms with Gasteiger partial charge in [0, 0.05) is 23.3 Å². The summed E-state index contributed by atoms with van der Waals surface area (Å²) < 4.78 is 7.44. The predicted molar refractivity (Wildman–Crippen MR) is 86.1 cm³/mol. The van der Waals surface area contributed by atoms with Gasteiger partial charge >= 0.3 is 0 Å². The van der Waals surface area contributed by atoms with Gasteiger partial charge in [0.1, 0.15) is 5.75 Å². The summed E-state index contributed by atoms with van der Waals surface area (Å²) in [5.74, 6) is 0.890. The molecule has 0 radical (unpaired) electrons. The number of nitrogens with zero attached hydrogens (tertiary/aromatic N) is 2. The van der Waals surface area contributed by atoms with E-state index in [4.69, 9.17) is 4.74 Å². The molecule has 0 aliphatic rings. The van der Waals surface area contributed by atoms with Crippen LogP contribution in [0.4, 0.5) is 0 Å². The molecule has 2 rings (SSSR count). The standard InChI is InChI=1S/C17H25N3O/c1-6-21-16-9-7-15(8-10-16)20-13(2)14(12-19-20)11-18-17(3,4)5/h7-10,12,18H,6,11H2,1-5H3. The van der Waals surface area contributed by atoms with E-state index in [-0.39, 0.29) is 5.54 Å². The fourth-order valence-electron chi connectivity index (χ4n) is 2.09. The highest BCUT2D eigenvalue weighted by Gasteiger charge is 2.12. The second-order valence-corrected chi connectivity index (χ2v) is 6.20. The van der Waals surface area contributed by atoms with Crippen molar-refractivity contribution in [3.63, 3.8) is 0 Å². The van der Waals surface area contributed by atoms with Crippen molar-refractivity contribution in [3.8, 4) is 11.4 Å². The van der Waals surface area contributed by atoms with Gasteiger partial charge in [0.25, 0.3) is 0 Å². The van der Waals surface area contributed by atoms with Crippen molar-refractivity contribution in [2.45, 2.75) is 46.7 Å². The Hall–Kier alpha value is -1.81. The Morgan fingerprint density at radius 1 is 1.19 bits per heavy atom. The van der Waals surface area contributed by atoms with Crippen LogP contribution >= 0.6 is 0 Å². The summed E-state index contributed by atoms with van der Waals surface area (Å²) in [4.78, 5) is 0. The monoisotopic (exact) mass is 287 g/mol. The minimum Gasteiger partial charge on any atom is -0.494 e. The van der Waals surface area contributed by atoms with Crippen molar-refractivity contribution >= 4 is 0 Å². The van der Waals surface area contributed by atoms with Crippen LogP contribution in [0.5, 0.6) is 5.75 Å². The summed E-state index contributed by atoms with van der Waals surface area (Å²) in [5, 5.41) is 7.99. The van der Waals surface area contributed by atoms with E-state index in [1.54, 1.807) is 0 Å². The van der Waals surface area contributed by atoms with Gasteiger partial charge in [-0.1, -0.05) is 0 Å². The van der Waals surface area contributed by atoms with Crippen LogP contribution in [-0.2, 0) is 6.54 Å². The molecule has 4 heteroatoms. The molecule has 0 aliphatic heterocycles. The molecule has 0 saturated carbocycles. The number of nitrogens with one attached hydrogen (secondary N) is 1. The summed E-state index contributed by atoms with van der Waals surface area (Å²) in [7, 11) is 0. The normalized spacial score (nSPS) is 11.7. The Balaban J connectivity index is 2.15. The summed E-state index contributed by atoms with van der Waals surface area (Å²) >= 11 is 0. The van der Waals surface area contributed by atoms with E-state index in [2.05, 4.69) is 38.1 Å². The number of ether oxygens (including phenoxy) is 1. The Labute approximate surface area is 127 Å². The van der Waals surface area contributed by atoms with Gasteiger partial charge in [-0.3, -0.25) is 0 Å². The van der Waals surface area contributed by atoms with Crippen LogP contribution in [0.1, 0.15) is 39.0 Å². The van der Waals surface area contributed by atoms with Gasteiger partial charge in [-0.05, 0) is 58.9 Å². The van der Waals surface area contributed by atoms with Crippen LogP contribution in [0.15, 0.2) is 30.5 Å². The molecule has 2 aromatic rings. The lowest BCUT2D eigenvalue weighted by molar-refractivity contribution is 0.340. The zero-order chi connectivity index (χ0) is 15.5. The van der Waals surface area contributed by atoms with Gasteiger partial charge in [0.2, 0.25) is 0 Å². The number of hydrogen-bond acceptors (Lipinski definition) is 3. The second kappa shape index (κ2) is 6.31. The topological polar surface area (TPSA) is 39.1 Å². The molecule has 0 unspecified atom stereocenters. The molecule has 1 N–H and O–H groups in total. The lowest BCUT2D eigenvalue weighted by atomic mass is 10.1. The van der Waals surface area contributed by atoms with Crippen molar-refractivity contribution in [2.75, 3.05) is 6.61 Å². The fraction of sp³-hybridized carbons (Fsp3) is 0.471. The molecular weight excluding hydrogens is 262 g/mol. The number of rotatable bonds is 5. The first kappa shape index (κ1) is 15.6. The molecule has 0 bridgehead atoms. The van der Waals surface area contributed by atoms with E-state index in [1.807, 2.05) is 42.1 Å². The largest absolute Gasteiger partial charge is 0.494 e. The molecule has 0 spiro atoms. The van der Waals surface area contributed by atoms with Gasteiger partial charge in [-0.2, -0.15) is 5.10 Å². The van der Waals surface area contributed by atoms with Gasteiger partial charge in [-0.15, -0.1) is 0 Å². The molecule has 1 aromatic carbocycles. The smallest absolute Gasteiger partial charge is 0.119 e. The average Bonchev–Trinajstić information content (AvgIpc) is 2.78. The minimum absolute atomic E-state index is 0.105. The zero-order valence-corrected chi connectivity index (χ0v) is 13.6. The maximum Gasteiger partial charge on any atom is 0.119 e. The Morgan fingerprint density at radius 2 is 1.86 bits per heavy atom. The molecule has 1 heterocycles. The van der Waals surface area contributed by atoms with Crippen LogP contribution in [0.3, 0.4) is 0 Å². The molecule has 114 valence electrons. The third kappa shape index (κ3) is 4.08. The highest BCUT2D eigenvalue weighted by atomic mass is 16.5. The van der Waals surface area contributed by atoms with E-state index in [9.17, 15) is 0 Å². The maximum atomic E-state index is 5.47. The van der Waals surface area contributed by atoms with Gasteiger partial charge in [0.05, 0.1) is 18.5 Å². The molecule has 0 amide bonds. The second-order valence-electron chi connectivity index (χ2n) is 6.20. The van der Waals surface area contributed by atoms with Crippen molar-refractivity contribution in [3.05, 3.63) is 41.7 Å². The molecule has 0 aliphatic carbocycles. The summed E-state index contributed by atoms with van der Waals surface area (Å²) in [6.07, 6.45) is 1.94. The maximum absolute atomic E-state index is 5.47. The van der Waals surface area contributed by atoms with Crippen molar-refractivity contribution < 1.29 is 4.74 Å². The lowest BCUT2D eigenvalue weighted by Gasteiger charge is -2.20. The first-order valence-electron chi connectivity index (χ1n) is 7.42. The Kier molecular flexibility index (Phi) is 4.68. The van der Waals surface area contributed by atoms with Gasteiger partial charge < -0.3 is 10.1 Å². The van der Waals surface area contributed by atoms with Gasteiger partial charge in [-0.25, -0.2) is 4.68 Å². The first-order chi connectivity index (χ1) is 9.90. The van der Waals surface area contributed by atoms with Crippen LogP contribution in [0.2, 0.25) is 0 Å². The van der Waals surface area contributed by atoms with E-state index in [1.165, 1.54) is 5.56 Å². The van der Waals surface area contributed by atoms with E-state index < -0.39 is 0 Å². The third-order valence-corrected chi connectivity index (χ3v) is 3.31. The van der Waals surface area contributed by atoms with Crippen LogP contribution in [0.25, 0.3) is 5.69 Å². The highest BCUT2D eigenvalue weighted by molar-refractivity contribution is 5.39. The quantitative estimate of drug-likeness (QED) is 0.915. The van der Waals surface area contributed by atoms with Crippen molar-refractivity contribution in [1.29, 1.82) is 0 Å². The van der Waals surface area contributed by atoms with Crippen molar-refractivity contribution in [2.24, 2.45) is 0 Å². The van der Waals surface area contributed by atoms with Crippen LogP contribution < -0.4 is 10.1 Å². The molecule has 0 atom stereocenters. The SMILES string of the molecule is CCOc1ccc(-n2ncc(CNC(C)(C)C)c2C)cc1. The molecular formula is C17H25N3O. The molecule has 4 nitrogen and oxygen atoms in total. The number of hydrogen-bond donors (Lipinski definition) is 1. The summed E-state index contributed by atoms with van der Waals surface area (Å²) in [5.41, 5.74) is 3.54. The summed E-state index contributed by atoms with van der Waals surface area (Å²) in [6, 6.07) is 8.03. The highest BCUT2D eigenvalue weighted by Crippen LogP contribution is 2.18. The molecule has 0 saturated heterocycles. The van der Waals surface area contributed by atoms with E-state index >= 15 is 0 Å². The number of benzene rings is 1. The van der Waals surface area contributed by atoms with Crippen LogP contribution in [-0.4, -0.2) is 21.9 Å². The predicted octanol–water partition coefficient (Wildman–Crippen LogP) is 3.47. The molecule has 0 fully saturated rings. The zero-order valence-electron chi connectivity index (χ0n) is 13.6. The third-order valence-electron chi connectivity index (χ3n) is 3.31. The lowest BCUT2D eigenvalue weighted by Crippen LogP contribution is -2.35. The molecule has 1 aromatic heterocycles. The Morgan fingerprint density at radius 3 is 2.43 bits per heavy atom. The van der Waals surface area contributed by atoms with Gasteiger partial charge in [0.15, 0.2) is 0 Å². The van der Waals surface area contributed by atoms with Crippen molar-refractivity contribution in [1.82, 2.24) is 15.1 Å². The Bertz CT molecular complexity index is 579. The minimum atomic E-state index is 0.105. The fourth-order valence-corrected chi connectivity index (χ4v) is 2.09.